The number of ether oxygens (including phenoxy) is 2. The van der Waals surface area contributed by atoms with Crippen molar-refractivity contribution < 1.29 is 23.5 Å². The Morgan fingerprint density at radius 1 is 1.09 bits per heavy atom. The van der Waals surface area contributed by atoms with Crippen LogP contribution < -0.4 is 14.4 Å². The Balaban J connectivity index is 1.29. The van der Waals surface area contributed by atoms with E-state index in [1.807, 2.05) is 42.5 Å². The van der Waals surface area contributed by atoms with Crippen LogP contribution in [0, 0.1) is 0 Å². The summed E-state index contributed by atoms with van der Waals surface area (Å²) in [6, 6.07) is 18.1. The van der Waals surface area contributed by atoms with Crippen molar-refractivity contribution >= 4 is 23.2 Å². The highest BCUT2D eigenvalue weighted by molar-refractivity contribution is 6.03. The summed E-state index contributed by atoms with van der Waals surface area (Å²) in [5.41, 5.74) is 2.55. The van der Waals surface area contributed by atoms with Crippen LogP contribution >= 0.6 is 0 Å². The average molecular weight is 460 g/mol. The van der Waals surface area contributed by atoms with Crippen molar-refractivity contribution in [3.8, 4) is 11.5 Å². The number of carbonyl (C=O) groups is 2. The first-order valence-corrected chi connectivity index (χ1v) is 11.2. The lowest BCUT2D eigenvalue weighted by Gasteiger charge is -2.20. The van der Waals surface area contributed by atoms with Gasteiger partial charge in [0.25, 0.3) is 5.91 Å². The second-order valence-corrected chi connectivity index (χ2v) is 8.18. The fraction of sp³-hybridized carbons (Fsp3) is 0.269. The van der Waals surface area contributed by atoms with E-state index in [2.05, 4.69) is 5.10 Å². The number of rotatable bonds is 7. The number of anilines is 1. The first-order valence-electron chi connectivity index (χ1n) is 11.2. The monoisotopic (exact) mass is 459 g/mol. The Morgan fingerprint density at radius 3 is 2.50 bits per heavy atom. The summed E-state index contributed by atoms with van der Waals surface area (Å²) in [5, 5.41) is 6.05. The molecule has 0 saturated carbocycles. The summed E-state index contributed by atoms with van der Waals surface area (Å²) in [6.07, 6.45) is 3.58. The van der Waals surface area contributed by atoms with E-state index in [0.29, 0.717) is 24.4 Å². The Bertz CT molecular complexity index is 1190. The molecular formula is C26H25N3O5. The van der Waals surface area contributed by atoms with Gasteiger partial charge in [-0.2, -0.15) is 5.10 Å². The standard InChI is InChI=1S/C26H25N3O5/c1-32-20-10-6-18(7-11-20)22-16-23(24-4-3-15-33-24)29(27-22)26(31)17-34-21-12-8-19(9-13-21)28-14-2-5-25(28)30/h3-4,6-13,15,23H,2,5,14,16-17H2,1H3/t23-/m1/s1. The molecule has 2 aliphatic rings. The maximum atomic E-state index is 13.1. The van der Waals surface area contributed by atoms with Gasteiger partial charge < -0.3 is 18.8 Å². The highest BCUT2D eigenvalue weighted by Crippen LogP contribution is 2.33. The third kappa shape index (κ3) is 4.39. The molecule has 3 heterocycles. The third-order valence-corrected chi connectivity index (χ3v) is 6.04. The lowest BCUT2D eigenvalue weighted by molar-refractivity contribution is -0.135. The highest BCUT2D eigenvalue weighted by atomic mass is 16.5. The van der Waals surface area contributed by atoms with E-state index in [-0.39, 0.29) is 24.5 Å². The molecule has 1 saturated heterocycles. The molecule has 5 rings (SSSR count). The molecule has 1 aromatic heterocycles. The molecular weight excluding hydrogens is 434 g/mol. The average Bonchev–Trinajstić information content (AvgIpc) is 3.63. The molecule has 0 radical (unpaired) electrons. The molecule has 2 amide bonds. The van der Waals surface area contributed by atoms with Crippen LogP contribution in [-0.2, 0) is 9.59 Å². The van der Waals surface area contributed by atoms with E-state index in [1.54, 1.807) is 36.5 Å². The molecule has 0 N–H and O–H groups in total. The maximum absolute atomic E-state index is 13.1. The van der Waals surface area contributed by atoms with Gasteiger partial charge in [-0.3, -0.25) is 9.59 Å². The molecule has 3 aromatic rings. The molecule has 1 fully saturated rings. The van der Waals surface area contributed by atoms with Gasteiger partial charge >= 0.3 is 0 Å². The van der Waals surface area contributed by atoms with Crippen molar-refractivity contribution in [3.63, 3.8) is 0 Å². The van der Waals surface area contributed by atoms with E-state index < -0.39 is 0 Å². The topological polar surface area (TPSA) is 84.6 Å². The Labute approximate surface area is 197 Å². The van der Waals surface area contributed by atoms with Crippen molar-refractivity contribution in [2.24, 2.45) is 5.10 Å². The van der Waals surface area contributed by atoms with Crippen LogP contribution in [0.3, 0.4) is 0 Å². The zero-order chi connectivity index (χ0) is 23.5. The molecule has 1 atom stereocenters. The quantitative estimate of drug-likeness (QED) is 0.529. The number of methoxy groups -OCH3 is 1. The van der Waals surface area contributed by atoms with E-state index in [1.165, 1.54) is 5.01 Å². The second-order valence-electron chi connectivity index (χ2n) is 8.18. The zero-order valence-corrected chi connectivity index (χ0v) is 18.8. The first kappa shape index (κ1) is 21.8. The summed E-state index contributed by atoms with van der Waals surface area (Å²) in [4.78, 5) is 26.8. The number of nitrogens with zero attached hydrogens (tertiary/aromatic N) is 3. The molecule has 0 bridgehead atoms. The Kier molecular flexibility index (Phi) is 6.03. The van der Waals surface area contributed by atoms with Crippen LogP contribution in [0.25, 0.3) is 0 Å². The number of hydrogen-bond donors (Lipinski definition) is 0. The van der Waals surface area contributed by atoms with Crippen molar-refractivity contribution in [3.05, 3.63) is 78.3 Å². The van der Waals surface area contributed by atoms with E-state index in [0.717, 1.165) is 35.7 Å². The molecule has 8 heteroatoms. The fourth-order valence-corrected chi connectivity index (χ4v) is 4.26. The molecule has 2 aromatic carbocycles. The van der Waals surface area contributed by atoms with Crippen molar-refractivity contribution in [1.82, 2.24) is 5.01 Å². The summed E-state index contributed by atoms with van der Waals surface area (Å²) < 4.78 is 16.6. The van der Waals surface area contributed by atoms with Crippen LogP contribution in [0.1, 0.15) is 36.6 Å². The first-order chi connectivity index (χ1) is 16.6. The van der Waals surface area contributed by atoms with Gasteiger partial charge in [0.1, 0.15) is 23.3 Å². The molecule has 0 spiro atoms. The second kappa shape index (κ2) is 9.43. The minimum atomic E-state index is -0.341. The van der Waals surface area contributed by atoms with Crippen molar-refractivity contribution in [2.45, 2.75) is 25.3 Å². The number of hydrazone groups is 1. The maximum Gasteiger partial charge on any atom is 0.281 e. The van der Waals surface area contributed by atoms with E-state index in [4.69, 9.17) is 13.9 Å². The van der Waals surface area contributed by atoms with E-state index in [9.17, 15) is 9.59 Å². The SMILES string of the molecule is COc1ccc(C2=NN(C(=O)COc3ccc(N4CCCC4=O)cc3)[C@@H](c3ccco3)C2)cc1. The van der Waals surface area contributed by atoms with Crippen molar-refractivity contribution in [2.75, 3.05) is 25.2 Å². The van der Waals surface area contributed by atoms with Gasteiger partial charge in [-0.1, -0.05) is 0 Å². The molecule has 174 valence electrons. The van der Waals surface area contributed by atoms with Gasteiger partial charge in [0.15, 0.2) is 6.61 Å². The van der Waals surface area contributed by atoms with Gasteiger partial charge in [0.2, 0.25) is 5.91 Å². The molecule has 34 heavy (non-hydrogen) atoms. The largest absolute Gasteiger partial charge is 0.497 e. The highest BCUT2D eigenvalue weighted by Gasteiger charge is 2.35. The van der Waals surface area contributed by atoms with Crippen LogP contribution in [0.15, 0.2) is 76.4 Å². The molecule has 0 unspecified atom stereocenters. The number of furan rings is 1. The summed E-state index contributed by atoms with van der Waals surface area (Å²) >= 11 is 0. The number of carbonyl (C=O) groups excluding carboxylic acids is 2. The summed E-state index contributed by atoms with van der Waals surface area (Å²) in [5.74, 6) is 1.83. The predicted molar refractivity (Wildman–Crippen MR) is 126 cm³/mol. The lowest BCUT2D eigenvalue weighted by atomic mass is 10.0. The fourth-order valence-electron chi connectivity index (χ4n) is 4.26. The minimum Gasteiger partial charge on any atom is -0.497 e. The summed E-state index contributed by atoms with van der Waals surface area (Å²) in [6.45, 7) is 0.563. The number of amides is 2. The minimum absolute atomic E-state index is 0.132. The predicted octanol–water partition coefficient (Wildman–Crippen LogP) is 4.17. The zero-order valence-electron chi connectivity index (χ0n) is 18.8. The van der Waals surface area contributed by atoms with Crippen molar-refractivity contribution in [1.29, 1.82) is 0 Å². The van der Waals surface area contributed by atoms with Gasteiger partial charge in [0, 0.05) is 25.1 Å². The van der Waals surface area contributed by atoms with Crippen LogP contribution in [0.5, 0.6) is 11.5 Å². The molecule has 8 nitrogen and oxygen atoms in total. The smallest absolute Gasteiger partial charge is 0.281 e. The normalized spacial score (nSPS) is 17.7. The molecule has 2 aliphatic heterocycles. The number of hydrogen-bond acceptors (Lipinski definition) is 6. The lowest BCUT2D eigenvalue weighted by Crippen LogP contribution is -2.31. The Hall–Kier alpha value is -4.07. The van der Waals surface area contributed by atoms with Crippen LogP contribution in [-0.4, -0.2) is 42.8 Å². The van der Waals surface area contributed by atoms with Gasteiger partial charge in [-0.15, -0.1) is 0 Å². The Morgan fingerprint density at radius 2 is 1.85 bits per heavy atom. The third-order valence-electron chi connectivity index (χ3n) is 6.04. The van der Waals surface area contributed by atoms with E-state index >= 15 is 0 Å². The summed E-state index contributed by atoms with van der Waals surface area (Å²) in [7, 11) is 1.62. The molecule has 0 aliphatic carbocycles. The van der Waals surface area contributed by atoms with Gasteiger partial charge in [-0.05, 0) is 72.6 Å². The van der Waals surface area contributed by atoms with Crippen LogP contribution in [0.4, 0.5) is 5.69 Å². The number of benzene rings is 2. The van der Waals surface area contributed by atoms with Gasteiger partial charge in [0.05, 0.1) is 19.1 Å². The van der Waals surface area contributed by atoms with Gasteiger partial charge in [-0.25, -0.2) is 5.01 Å². The van der Waals surface area contributed by atoms with Crippen LogP contribution in [0.2, 0.25) is 0 Å².